The first-order valence-corrected chi connectivity index (χ1v) is 62.1. The molecule has 0 saturated carbocycles. The predicted octanol–water partition coefficient (Wildman–Crippen LogP) is 32.9. The lowest BCUT2D eigenvalue weighted by Gasteiger charge is -2.44. The van der Waals surface area contributed by atoms with Gasteiger partial charge in [-0.25, -0.2) is 8.42 Å². The van der Waals surface area contributed by atoms with Crippen LogP contribution in [0.4, 0.5) is 0 Å². The molecule has 8 atom stereocenters. The Hall–Kier alpha value is -5.39. The molecule has 0 aliphatic rings. The van der Waals surface area contributed by atoms with Gasteiger partial charge in [-0.1, -0.05) is 377 Å². The number of unbranched alkanes of at least 4 members (excludes halogenated alkanes) is 52. The molecule has 0 aromatic carbocycles. The minimum absolute atomic E-state index is 0.0605. The van der Waals surface area contributed by atoms with Crippen molar-refractivity contribution in [1.29, 1.82) is 0 Å². The number of rotatable bonds is 102. The van der Waals surface area contributed by atoms with E-state index in [4.69, 9.17) is 47.4 Å². The van der Waals surface area contributed by atoms with Gasteiger partial charge in [0.15, 0.2) is 0 Å². The van der Waals surface area contributed by atoms with Crippen LogP contribution < -0.4 is 0 Å². The van der Waals surface area contributed by atoms with Crippen LogP contribution in [0.15, 0.2) is 0 Å². The van der Waals surface area contributed by atoms with E-state index < -0.39 is 143 Å². The van der Waals surface area contributed by atoms with Crippen LogP contribution in [0.25, 0.3) is 0 Å². The van der Waals surface area contributed by atoms with E-state index in [0.717, 1.165) is 257 Å². The smallest absolute Gasteiger partial charge is 0.311 e. The zero-order valence-corrected chi connectivity index (χ0v) is 99.6. The lowest BCUT2D eigenvalue weighted by atomic mass is 9.59. The average molecular weight is 2110 g/mol. The van der Waals surface area contributed by atoms with Gasteiger partial charge < -0.3 is 51.9 Å². The van der Waals surface area contributed by atoms with Gasteiger partial charge in [0, 0.05) is 5.75 Å². The molecule has 0 spiro atoms. The standard InChI is InChI=1S/C123H228O23S/c1-22-31-38-45-52-59-66-75-85-137-104(124)114(10,11)96-118(16,108(128)141-89-79-70-63-56-49-42-35-26-5)100-122(20,102-120(18,110(130)143-91-81-72-65-58-51-44-37-28-7)98-116(14,29-8)106(126)139-87-77-68-61-54-47-40-33-24-3)112(132)144-92-82-73-74-83-93-145-113(133)123(21,103-121(19,111(131)146-94-84-95-147(134,135)136)99-117(15,30-9)107(127)140-88-78-69-62-55-48-41-34-25-4)101-119(17,109(129)142-90-80-71-64-57-50-43-36-27-6)97-115(12,13)105(125)138-86-76-67-60-53-46-39-32-23-2/h22-103H2,1-21H3,(H,134,135,136)/p-1. The molecule has 0 aliphatic carbocycles. The fourth-order valence-electron chi connectivity index (χ4n) is 22.1. The van der Waals surface area contributed by atoms with E-state index in [9.17, 15) is 32.1 Å². The van der Waals surface area contributed by atoms with Crippen molar-refractivity contribution in [3.8, 4) is 0 Å². The largest absolute Gasteiger partial charge is 0.748 e. The van der Waals surface area contributed by atoms with Crippen LogP contribution in [0.1, 0.15) is 601 Å². The first-order chi connectivity index (χ1) is 69.8. The van der Waals surface area contributed by atoms with Crippen LogP contribution in [-0.4, -0.2) is 144 Å². The van der Waals surface area contributed by atoms with Gasteiger partial charge in [0.05, 0.1) is 130 Å². The Labute approximate surface area is 900 Å². The van der Waals surface area contributed by atoms with Crippen molar-refractivity contribution in [2.45, 2.75) is 601 Å². The third-order valence-corrected chi connectivity index (χ3v) is 31.6. The molecule has 864 valence electrons. The molecule has 24 heteroatoms. The Kier molecular flexibility index (Phi) is 79.2. The number of carbonyl (C=O) groups excluding carboxylic acids is 10. The SMILES string of the molecule is CCCCCCCCCCOC(=O)C(C)(C)CC(C)(CC(C)(CC(C)(CC(C)(CC)C(=O)OCCCCCCCCCC)C(=O)OCCCCCCCCCC)C(=O)OCCCCCCOC(=O)C(C)(CC(C)(CC(C)(C)C(=O)OCCCCCCCCCC)C(=O)OCCCCCCCCCC)CC(C)(CC(C)(CC)C(=O)OCCCCCCCCCC)C(=O)OCCCS(=O)(=O)[O-])C(=O)OCCCCCCCCCC. The molecule has 147 heavy (non-hydrogen) atoms. The molecule has 0 aromatic heterocycles. The lowest BCUT2D eigenvalue weighted by Crippen LogP contribution is -2.49. The van der Waals surface area contributed by atoms with Crippen LogP contribution in [0.5, 0.6) is 0 Å². The summed E-state index contributed by atoms with van der Waals surface area (Å²) in [5.41, 5.74) is -15.5. The van der Waals surface area contributed by atoms with Gasteiger partial charge in [-0.2, -0.15) is 0 Å². The molecule has 0 amide bonds. The molecule has 23 nitrogen and oxygen atoms in total. The van der Waals surface area contributed by atoms with Crippen LogP contribution in [0.3, 0.4) is 0 Å². The van der Waals surface area contributed by atoms with E-state index in [2.05, 4.69) is 48.5 Å². The van der Waals surface area contributed by atoms with E-state index >= 15 is 28.8 Å². The molecule has 0 rings (SSSR count). The second kappa shape index (κ2) is 82.2. The van der Waals surface area contributed by atoms with Gasteiger partial charge in [0.25, 0.3) is 0 Å². The molecular weight excluding hydrogens is 1880 g/mol. The van der Waals surface area contributed by atoms with Crippen molar-refractivity contribution in [3.63, 3.8) is 0 Å². The maximum absolute atomic E-state index is 16.1. The van der Waals surface area contributed by atoms with Crippen molar-refractivity contribution in [1.82, 2.24) is 0 Å². The maximum atomic E-state index is 16.1. The first kappa shape index (κ1) is 142. The fraction of sp³-hybridized carbons (Fsp3) is 0.919. The normalized spacial score (nSPS) is 15.3. The summed E-state index contributed by atoms with van der Waals surface area (Å²) >= 11 is 0. The van der Waals surface area contributed by atoms with E-state index in [0.29, 0.717) is 64.2 Å². The summed E-state index contributed by atoms with van der Waals surface area (Å²) in [4.78, 5) is 153. The summed E-state index contributed by atoms with van der Waals surface area (Å²) in [5.74, 6) is -7.17. The fourth-order valence-corrected chi connectivity index (χ4v) is 22.5. The van der Waals surface area contributed by atoms with Crippen molar-refractivity contribution in [2.75, 3.05) is 71.8 Å². The molecule has 0 bridgehead atoms. The first-order valence-electron chi connectivity index (χ1n) is 60.5. The minimum Gasteiger partial charge on any atom is -0.748 e. The molecule has 0 fully saturated rings. The summed E-state index contributed by atoms with van der Waals surface area (Å²) in [6, 6.07) is 0. The second-order valence-electron chi connectivity index (χ2n) is 48.1. The topological polar surface area (TPSA) is 320 Å². The second-order valence-corrected chi connectivity index (χ2v) is 49.6. The molecule has 0 aromatic rings. The molecule has 0 heterocycles. The molecule has 0 N–H and O–H groups in total. The van der Waals surface area contributed by atoms with Crippen molar-refractivity contribution in [2.24, 2.45) is 54.1 Å². The summed E-state index contributed by atoms with van der Waals surface area (Å²) in [6.45, 7) is 39.8. The van der Waals surface area contributed by atoms with Crippen LogP contribution >= 0.6 is 0 Å². The van der Waals surface area contributed by atoms with E-state index in [1.807, 2.05) is 20.8 Å². The highest BCUT2D eigenvalue weighted by atomic mass is 32.2. The summed E-state index contributed by atoms with van der Waals surface area (Å²) in [6.07, 6.45) is 57.0. The van der Waals surface area contributed by atoms with Crippen molar-refractivity contribution >= 4 is 69.8 Å². The Morgan fingerprint density at radius 1 is 0.163 bits per heavy atom. The highest BCUT2D eigenvalue weighted by Crippen LogP contribution is 2.55. The summed E-state index contributed by atoms with van der Waals surface area (Å²) in [5, 5.41) is 0. The van der Waals surface area contributed by atoms with Crippen molar-refractivity contribution in [3.05, 3.63) is 0 Å². The molecule has 8 unspecified atom stereocenters. The predicted molar refractivity (Wildman–Crippen MR) is 595 cm³/mol. The number of hydrogen-bond acceptors (Lipinski definition) is 23. The summed E-state index contributed by atoms with van der Waals surface area (Å²) < 4.78 is 98.3. The number of hydrogen-bond donors (Lipinski definition) is 0. The van der Waals surface area contributed by atoms with Crippen LogP contribution in [0, 0.1) is 54.1 Å². The zero-order chi connectivity index (χ0) is 110. The van der Waals surface area contributed by atoms with Gasteiger partial charge >= 0.3 is 59.7 Å². The Morgan fingerprint density at radius 2 is 0.279 bits per heavy atom. The highest BCUT2D eigenvalue weighted by molar-refractivity contribution is 7.85. The molecule has 0 aliphatic heterocycles. The Balaban J connectivity index is 8.70. The Morgan fingerprint density at radius 3 is 0.422 bits per heavy atom. The van der Waals surface area contributed by atoms with E-state index in [-0.39, 0.29) is 130 Å². The Bertz CT molecular complexity index is 3580. The quantitative estimate of drug-likeness (QED) is 0.0236. The average Bonchev–Trinajstić information content (AvgIpc) is 0.763. The van der Waals surface area contributed by atoms with Crippen LogP contribution in [-0.2, 0) is 105 Å². The number of esters is 10. The van der Waals surface area contributed by atoms with Gasteiger partial charge in [0.2, 0.25) is 0 Å². The third-order valence-electron chi connectivity index (χ3n) is 30.8. The number of carbonyl (C=O) groups is 10. The monoisotopic (exact) mass is 2100 g/mol. The van der Waals surface area contributed by atoms with Gasteiger partial charge in [-0.05, 0) is 224 Å². The minimum atomic E-state index is -4.73. The zero-order valence-electron chi connectivity index (χ0n) is 98.8. The lowest BCUT2D eigenvalue weighted by molar-refractivity contribution is -0.177. The highest BCUT2D eigenvalue weighted by Gasteiger charge is 2.59. The molecular formula is C123H227O23S-. The third kappa shape index (κ3) is 64.5. The van der Waals surface area contributed by atoms with E-state index in [1.54, 1.807) is 76.2 Å². The van der Waals surface area contributed by atoms with Gasteiger partial charge in [-0.3, -0.25) is 47.9 Å². The molecule has 0 radical (unpaired) electrons. The number of ether oxygens (including phenoxy) is 10. The van der Waals surface area contributed by atoms with Gasteiger partial charge in [0.1, 0.15) is 0 Å². The van der Waals surface area contributed by atoms with E-state index in [1.165, 1.54) is 57.8 Å². The summed E-state index contributed by atoms with van der Waals surface area (Å²) in [7, 11) is -4.73. The maximum Gasteiger partial charge on any atom is 0.311 e. The molecule has 0 saturated heterocycles. The van der Waals surface area contributed by atoms with Crippen molar-refractivity contribution < 1.29 is 108 Å². The van der Waals surface area contributed by atoms with Gasteiger partial charge in [-0.15, -0.1) is 0 Å². The van der Waals surface area contributed by atoms with Crippen LogP contribution in [0.2, 0.25) is 0 Å².